The molecule has 1 N–H and O–H groups in total. The van der Waals surface area contributed by atoms with E-state index in [0.29, 0.717) is 27.5 Å². The minimum atomic E-state index is -0.902. The molecular formula is C30H27F2N3O4S. The van der Waals surface area contributed by atoms with Crippen molar-refractivity contribution in [3.8, 4) is 16.9 Å². The van der Waals surface area contributed by atoms with Crippen LogP contribution in [0.1, 0.15) is 21.6 Å². The molecule has 0 aliphatic rings. The van der Waals surface area contributed by atoms with Crippen molar-refractivity contribution in [2.24, 2.45) is 0 Å². The number of nitrogens with zero attached hydrogens (tertiary/aromatic N) is 2. The van der Waals surface area contributed by atoms with Crippen molar-refractivity contribution in [3.05, 3.63) is 114 Å². The molecule has 2 amide bonds. The molecular weight excluding hydrogens is 536 g/mol. The van der Waals surface area contributed by atoms with Crippen LogP contribution in [0.25, 0.3) is 11.1 Å². The summed E-state index contributed by atoms with van der Waals surface area (Å²) in [5.41, 5.74) is 5.34. The molecule has 1 heterocycles. The minimum Gasteiger partial charge on any atom is -0.489 e. The van der Waals surface area contributed by atoms with Crippen molar-refractivity contribution < 1.29 is 27.9 Å². The standard InChI is InChI=1S/C30H27F2N3O4S/c1-38-34-29(36)18-35(17-23-8-3-4-13-33-23)30(37)22-7-5-6-20(14-22)19-39-24-11-9-21(10-12-24)25-15-26(31)27(32)16-28(25)40-2/h3-16H,17-19H2,1-2H3,(H,34,36). The van der Waals surface area contributed by atoms with E-state index < -0.39 is 17.5 Å². The van der Waals surface area contributed by atoms with Gasteiger partial charge in [0.25, 0.3) is 11.8 Å². The smallest absolute Gasteiger partial charge is 0.263 e. The molecule has 0 unspecified atom stereocenters. The van der Waals surface area contributed by atoms with Gasteiger partial charge in [0, 0.05) is 16.7 Å². The lowest BCUT2D eigenvalue weighted by Gasteiger charge is -2.22. The number of hydrogen-bond donors (Lipinski definition) is 1. The molecule has 0 fully saturated rings. The van der Waals surface area contributed by atoms with Crippen molar-refractivity contribution >= 4 is 23.6 Å². The lowest BCUT2D eigenvalue weighted by molar-refractivity contribution is -0.132. The van der Waals surface area contributed by atoms with E-state index in [0.717, 1.165) is 11.1 Å². The average Bonchev–Trinajstić information content (AvgIpc) is 2.97. The van der Waals surface area contributed by atoms with E-state index in [9.17, 15) is 18.4 Å². The number of pyridine rings is 1. The molecule has 0 bridgehead atoms. The number of benzene rings is 3. The zero-order chi connectivity index (χ0) is 28.5. The second-order valence-corrected chi connectivity index (χ2v) is 9.54. The maximum atomic E-state index is 13.8. The summed E-state index contributed by atoms with van der Waals surface area (Å²) in [6, 6.07) is 21.8. The van der Waals surface area contributed by atoms with Gasteiger partial charge in [-0.1, -0.05) is 30.3 Å². The molecule has 1 aromatic heterocycles. The van der Waals surface area contributed by atoms with Crippen LogP contribution in [0.4, 0.5) is 8.78 Å². The number of hydrogen-bond acceptors (Lipinski definition) is 6. The van der Waals surface area contributed by atoms with E-state index in [-0.39, 0.29) is 25.6 Å². The molecule has 0 aliphatic heterocycles. The van der Waals surface area contributed by atoms with Crippen LogP contribution in [-0.2, 0) is 22.8 Å². The van der Waals surface area contributed by atoms with Gasteiger partial charge in [-0.15, -0.1) is 11.8 Å². The molecule has 0 saturated carbocycles. The number of carbonyl (C=O) groups excluding carboxylic acids is 2. The minimum absolute atomic E-state index is 0.139. The topological polar surface area (TPSA) is 80.8 Å². The van der Waals surface area contributed by atoms with Crippen LogP contribution >= 0.6 is 11.8 Å². The fourth-order valence-corrected chi connectivity index (χ4v) is 4.62. The van der Waals surface area contributed by atoms with E-state index in [2.05, 4.69) is 15.3 Å². The molecule has 0 saturated heterocycles. The Kier molecular flexibility index (Phi) is 9.82. The highest BCUT2D eigenvalue weighted by Crippen LogP contribution is 2.33. The average molecular weight is 564 g/mol. The van der Waals surface area contributed by atoms with Crippen LogP contribution in [0, 0.1) is 11.6 Å². The summed E-state index contributed by atoms with van der Waals surface area (Å²) >= 11 is 1.34. The third-order valence-corrected chi connectivity index (χ3v) is 6.68. The molecule has 0 spiro atoms. The Bertz CT molecular complexity index is 1470. The number of carbonyl (C=O) groups is 2. The first-order valence-electron chi connectivity index (χ1n) is 12.2. The second kappa shape index (κ2) is 13.7. The molecule has 10 heteroatoms. The van der Waals surface area contributed by atoms with Gasteiger partial charge in [0.1, 0.15) is 18.9 Å². The Hall–Kier alpha value is -4.28. The van der Waals surface area contributed by atoms with Crippen LogP contribution in [0.15, 0.2) is 90.0 Å². The van der Waals surface area contributed by atoms with E-state index in [1.165, 1.54) is 35.9 Å². The SMILES string of the molecule is CONC(=O)CN(Cc1ccccn1)C(=O)c1cccc(COc2ccc(-c3cc(F)c(F)cc3SC)cc2)c1. The zero-order valence-corrected chi connectivity index (χ0v) is 22.7. The predicted molar refractivity (Wildman–Crippen MR) is 148 cm³/mol. The molecule has 4 aromatic rings. The highest BCUT2D eigenvalue weighted by atomic mass is 32.2. The first kappa shape index (κ1) is 28.7. The van der Waals surface area contributed by atoms with Crippen molar-refractivity contribution in [3.63, 3.8) is 0 Å². The maximum Gasteiger partial charge on any atom is 0.263 e. The Balaban J connectivity index is 1.46. The maximum absolute atomic E-state index is 13.8. The number of halogens is 2. The monoisotopic (exact) mass is 563 g/mol. The number of aromatic nitrogens is 1. The van der Waals surface area contributed by atoms with Crippen LogP contribution < -0.4 is 10.2 Å². The summed E-state index contributed by atoms with van der Waals surface area (Å²) in [6.07, 6.45) is 3.43. The molecule has 0 atom stereocenters. The quantitative estimate of drug-likeness (QED) is 0.188. The molecule has 3 aromatic carbocycles. The van der Waals surface area contributed by atoms with Gasteiger partial charge in [0.15, 0.2) is 11.6 Å². The summed E-state index contributed by atoms with van der Waals surface area (Å²) in [5, 5.41) is 0. The van der Waals surface area contributed by atoms with Crippen molar-refractivity contribution in [1.82, 2.24) is 15.4 Å². The second-order valence-electron chi connectivity index (χ2n) is 8.69. The van der Waals surface area contributed by atoms with Gasteiger partial charge in [-0.2, -0.15) is 0 Å². The Morgan fingerprint density at radius 1 is 0.975 bits per heavy atom. The van der Waals surface area contributed by atoms with E-state index in [1.54, 1.807) is 67.0 Å². The summed E-state index contributed by atoms with van der Waals surface area (Å²) in [7, 11) is 1.32. The summed E-state index contributed by atoms with van der Waals surface area (Å²) < 4.78 is 33.4. The Labute approximate surface area is 235 Å². The predicted octanol–water partition coefficient (Wildman–Crippen LogP) is 5.65. The van der Waals surface area contributed by atoms with Crippen molar-refractivity contribution in [2.45, 2.75) is 18.0 Å². The third-order valence-electron chi connectivity index (χ3n) is 5.90. The molecule has 7 nitrogen and oxygen atoms in total. The normalized spacial score (nSPS) is 10.7. The summed E-state index contributed by atoms with van der Waals surface area (Å²) in [4.78, 5) is 36.5. The number of thioether (sulfide) groups is 1. The number of rotatable bonds is 11. The van der Waals surface area contributed by atoms with Crippen LogP contribution in [0.3, 0.4) is 0 Å². The number of ether oxygens (including phenoxy) is 1. The van der Waals surface area contributed by atoms with Crippen molar-refractivity contribution in [2.75, 3.05) is 19.9 Å². The fraction of sp³-hybridized carbons (Fsp3) is 0.167. The zero-order valence-electron chi connectivity index (χ0n) is 21.9. The first-order valence-corrected chi connectivity index (χ1v) is 13.5. The largest absolute Gasteiger partial charge is 0.489 e. The van der Waals surface area contributed by atoms with Gasteiger partial charge in [-0.05, 0) is 71.5 Å². The van der Waals surface area contributed by atoms with Gasteiger partial charge in [-0.3, -0.25) is 19.4 Å². The van der Waals surface area contributed by atoms with Gasteiger partial charge in [0.2, 0.25) is 0 Å². The molecule has 40 heavy (non-hydrogen) atoms. The van der Waals surface area contributed by atoms with Gasteiger partial charge in [0.05, 0.1) is 19.3 Å². The number of hydroxylamine groups is 1. The molecule has 0 radical (unpaired) electrons. The summed E-state index contributed by atoms with van der Waals surface area (Å²) in [5.74, 6) is -2.03. The van der Waals surface area contributed by atoms with Gasteiger partial charge in [-0.25, -0.2) is 14.3 Å². The Morgan fingerprint density at radius 2 is 1.75 bits per heavy atom. The number of amides is 2. The van der Waals surface area contributed by atoms with Crippen LogP contribution in [0.2, 0.25) is 0 Å². The van der Waals surface area contributed by atoms with E-state index in [1.807, 2.05) is 12.1 Å². The number of nitrogens with one attached hydrogen (secondary N) is 1. The van der Waals surface area contributed by atoms with Gasteiger partial charge < -0.3 is 9.64 Å². The Morgan fingerprint density at radius 3 is 2.45 bits per heavy atom. The van der Waals surface area contributed by atoms with Gasteiger partial charge >= 0.3 is 0 Å². The van der Waals surface area contributed by atoms with Crippen LogP contribution in [-0.4, -0.2) is 41.6 Å². The first-order chi connectivity index (χ1) is 19.4. The van der Waals surface area contributed by atoms with E-state index >= 15 is 0 Å². The highest BCUT2D eigenvalue weighted by molar-refractivity contribution is 7.98. The fourth-order valence-electron chi connectivity index (χ4n) is 4.00. The summed E-state index contributed by atoms with van der Waals surface area (Å²) in [6.45, 7) is 0.110. The molecule has 4 rings (SSSR count). The highest BCUT2D eigenvalue weighted by Gasteiger charge is 2.20. The molecule has 206 valence electrons. The lowest BCUT2D eigenvalue weighted by atomic mass is 10.1. The van der Waals surface area contributed by atoms with Crippen LogP contribution in [0.5, 0.6) is 5.75 Å². The molecule has 0 aliphatic carbocycles. The third kappa shape index (κ3) is 7.43. The lowest BCUT2D eigenvalue weighted by Crippen LogP contribution is -2.40. The van der Waals surface area contributed by atoms with Crippen molar-refractivity contribution in [1.29, 1.82) is 0 Å². The van der Waals surface area contributed by atoms with E-state index in [4.69, 9.17) is 4.74 Å².